The maximum atomic E-state index is 10.9. The van der Waals surface area contributed by atoms with Crippen molar-refractivity contribution in [2.75, 3.05) is 27.2 Å². The van der Waals surface area contributed by atoms with Crippen LogP contribution in [0.5, 0.6) is 0 Å². The quantitative estimate of drug-likeness (QED) is 0.317. The molecule has 0 saturated carbocycles. The van der Waals surface area contributed by atoms with Gasteiger partial charge in [0, 0.05) is 18.8 Å². The van der Waals surface area contributed by atoms with Crippen LogP contribution in [0.1, 0.15) is 103 Å². The molecule has 1 saturated heterocycles. The first kappa shape index (κ1) is 25.4. The fourth-order valence-corrected chi connectivity index (χ4v) is 4.52. The van der Waals surface area contributed by atoms with Crippen LogP contribution in [0.3, 0.4) is 0 Å². The normalized spacial score (nSPS) is 24.4. The van der Waals surface area contributed by atoms with Crippen LogP contribution >= 0.6 is 0 Å². The molecular formula is C23H45NO4. The minimum atomic E-state index is -1.21. The minimum absolute atomic E-state index is 0.150. The number of likely N-dealkylation sites (N-methyl/N-ethyl adjacent to an activating group) is 1. The first-order chi connectivity index (χ1) is 13.3. The summed E-state index contributed by atoms with van der Waals surface area (Å²) in [6, 6.07) is 0. The summed E-state index contributed by atoms with van der Waals surface area (Å²) in [6.45, 7) is 3.36. The van der Waals surface area contributed by atoms with Gasteiger partial charge in [-0.05, 0) is 6.42 Å². The molecule has 1 aliphatic rings. The number of aliphatic carboxylic acids is 1. The third-order valence-electron chi connectivity index (χ3n) is 5.82. The summed E-state index contributed by atoms with van der Waals surface area (Å²) in [5, 5.41) is 21.7. The molecule has 2 atom stereocenters. The smallest absolute Gasteiger partial charge is 0.216 e. The van der Waals surface area contributed by atoms with Gasteiger partial charge in [0.25, 0.3) is 0 Å². The van der Waals surface area contributed by atoms with E-state index >= 15 is 0 Å². The van der Waals surface area contributed by atoms with E-state index < -0.39 is 17.9 Å². The number of ether oxygens (including phenoxy) is 1. The SMILES string of the molecule is CCCCCCCCCCCCCCC[C@]1(O)C[N+](C)(C)C[C@H](CC(=O)[O-])O1. The molecule has 0 radical (unpaired) electrons. The van der Waals surface area contributed by atoms with Gasteiger partial charge in [0.05, 0.1) is 14.1 Å². The zero-order valence-electron chi connectivity index (χ0n) is 18.7. The van der Waals surface area contributed by atoms with Crippen LogP contribution in [-0.4, -0.2) is 54.6 Å². The summed E-state index contributed by atoms with van der Waals surface area (Å²) < 4.78 is 6.32. The number of carboxylic acids is 1. The number of rotatable bonds is 16. The van der Waals surface area contributed by atoms with Gasteiger partial charge in [-0.3, -0.25) is 0 Å². The Kier molecular flexibility index (Phi) is 12.3. The average molecular weight is 400 g/mol. The Morgan fingerprint density at radius 3 is 1.89 bits per heavy atom. The third kappa shape index (κ3) is 12.0. The fraction of sp³-hybridized carbons (Fsp3) is 0.957. The number of hydrogen-bond acceptors (Lipinski definition) is 4. The lowest BCUT2D eigenvalue weighted by atomic mass is 10.0. The molecule has 1 fully saturated rings. The molecule has 0 aromatic carbocycles. The largest absolute Gasteiger partial charge is 0.550 e. The van der Waals surface area contributed by atoms with E-state index in [4.69, 9.17) is 4.74 Å². The fourth-order valence-electron chi connectivity index (χ4n) is 4.52. The lowest BCUT2D eigenvalue weighted by Gasteiger charge is -2.46. The maximum absolute atomic E-state index is 10.9. The van der Waals surface area contributed by atoms with Crippen molar-refractivity contribution in [2.45, 2.75) is 115 Å². The topological polar surface area (TPSA) is 69.6 Å². The highest BCUT2D eigenvalue weighted by Crippen LogP contribution is 2.29. The summed E-state index contributed by atoms with van der Waals surface area (Å²) in [7, 11) is 4.03. The van der Waals surface area contributed by atoms with E-state index in [1.807, 2.05) is 14.1 Å². The molecule has 0 aliphatic carbocycles. The summed E-state index contributed by atoms with van der Waals surface area (Å²) in [5.74, 6) is -2.32. The molecule has 0 bridgehead atoms. The molecule has 0 unspecified atom stereocenters. The standard InChI is InChI=1S/C23H45NO4/c1-4-5-6-7-8-9-10-11-12-13-14-15-16-17-23(27)20-24(2,3)19-21(28-23)18-22(25)26/h21,27H,4-20H2,1-3H3/t21-,23+/m0/s1. The Hall–Kier alpha value is -0.650. The molecule has 5 heteroatoms. The Balaban J connectivity index is 2.07. The Bertz CT molecular complexity index is 427. The number of morpholine rings is 1. The highest BCUT2D eigenvalue weighted by atomic mass is 16.6. The maximum Gasteiger partial charge on any atom is 0.216 e. The summed E-state index contributed by atoms with van der Waals surface area (Å²) in [4.78, 5) is 10.9. The van der Waals surface area contributed by atoms with Crippen molar-refractivity contribution in [3.8, 4) is 0 Å². The second-order valence-corrected chi connectivity index (χ2v) is 9.53. The average Bonchev–Trinajstić information content (AvgIpc) is 2.56. The molecule has 0 aromatic heterocycles. The molecule has 166 valence electrons. The molecular weight excluding hydrogens is 354 g/mol. The van der Waals surface area contributed by atoms with E-state index in [1.165, 1.54) is 70.6 Å². The number of quaternary nitrogens is 1. The van der Waals surface area contributed by atoms with E-state index in [2.05, 4.69) is 6.92 Å². The van der Waals surface area contributed by atoms with Crippen LogP contribution in [-0.2, 0) is 9.53 Å². The molecule has 0 aromatic rings. The lowest BCUT2D eigenvalue weighted by molar-refractivity contribution is -0.915. The number of hydrogen-bond donors (Lipinski definition) is 1. The van der Waals surface area contributed by atoms with E-state index in [0.717, 1.165) is 12.8 Å². The zero-order valence-corrected chi connectivity index (χ0v) is 18.7. The minimum Gasteiger partial charge on any atom is -0.550 e. The number of nitrogens with zero attached hydrogens (tertiary/aromatic N) is 1. The van der Waals surface area contributed by atoms with Crippen molar-refractivity contribution in [3.63, 3.8) is 0 Å². The van der Waals surface area contributed by atoms with Crippen molar-refractivity contribution in [1.82, 2.24) is 0 Å². The highest BCUT2D eigenvalue weighted by molar-refractivity contribution is 5.64. The van der Waals surface area contributed by atoms with E-state index in [0.29, 0.717) is 24.0 Å². The Labute approximate surface area is 173 Å². The van der Waals surface area contributed by atoms with Gasteiger partial charge in [-0.25, -0.2) is 0 Å². The molecule has 5 nitrogen and oxygen atoms in total. The third-order valence-corrected chi connectivity index (χ3v) is 5.82. The van der Waals surface area contributed by atoms with Crippen molar-refractivity contribution in [1.29, 1.82) is 0 Å². The summed E-state index contributed by atoms with van der Waals surface area (Å²) in [6.07, 6.45) is 16.8. The van der Waals surface area contributed by atoms with Gasteiger partial charge in [-0.15, -0.1) is 0 Å². The number of aliphatic hydroxyl groups is 1. The van der Waals surface area contributed by atoms with Crippen molar-refractivity contribution < 1.29 is 24.2 Å². The van der Waals surface area contributed by atoms with Gasteiger partial charge in [0.2, 0.25) is 5.79 Å². The lowest BCUT2D eigenvalue weighted by Crippen LogP contribution is -2.63. The van der Waals surface area contributed by atoms with Crippen LogP contribution in [0.2, 0.25) is 0 Å². The van der Waals surface area contributed by atoms with Crippen molar-refractivity contribution in [3.05, 3.63) is 0 Å². The molecule has 0 spiro atoms. The predicted octanol–water partition coefficient (Wildman–Crippen LogP) is 3.77. The predicted molar refractivity (Wildman–Crippen MR) is 112 cm³/mol. The monoisotopic (exact) mass is 399 g/mol. The van der Waals surface area contributed by atoms with Crippen LogP contribution in [0.25, 0.3) is 0 Å². The summed E-state index contributed by atoms with van der Waals surface area (Å²) in [5.41, 5.74) is 0. The van der Waals surface area contributed by atoms with E-state index in [-0.39, 0.29) is 6.42 Å². The Morgan fingerprint density at radius 1 is 0.964 bits per heavy atom. The van der Waals surface area contributed by atoms with Crippen LogP contribution < -0.4 is 5.11 Å². The molecule has 0 amide bonds. The van der Waals surface area contributed by atoms with Gasteiger partial charge < -0.3 is 24.2 Å². The number of carboxylic acid groups (broad SMARTS) is 1. The van der Waals surface area contributed by atoms with Crippen LogP contribution in [0, 0.1) is 0 Å². The molecule has 1 heterocycles. The molecule has 1 aliphatic heterocycles. The van der Waals surface area contributed by atoms with Crippen molar-refractivity contribution >= 4 is 5.97 Å². The van der Waals surface area contributed by atoms with E-state index in [9.17, 15) is 15.0 Å². The molecule has 28 heavy (non-hydrogen) atoms. The van der Waals surface area contributed by atoms with Gasteiger partial charge in [-0.1, -0.05) is 84.0 Å². The zero-order chi connectivity index (χ0) is 20.9. The number of carbonyl (C=O) groups is 1. The van der Waals surface area contributed by atoms with Crippen molar-refractivity contribution in [2.24, 2.45) is 0 Å². The Morgan fingerprint density at radius 2 is 1.43 bits per heavy atom. The summed E-state index contributed by atoms with van der Waals surface area (Å²) >= 11 is 0. The second-order valence-electron chi connectivity index (χ2n) is 9.53. The highest BCUT2D eigenvalue weighted by Gasteiger charge is 2.44. The van der Waals surface area contributed by atoms with Gasteiger partial charge >= 0.3 is 0 Å². The number of unbranched alkanes of at least 4 members (excludes halogenated alkanes) is 12. The molecule has 1 N–H and O–H groups in total. The first-order valence-electron chi connectivity index (χ1n) is 11.7. The van der Waals surface area contributed by atoms with Crippen LogP contribution in [0.4, 0.5) is 0 Å². The first-order valence-corrected chi connectivity index (χ1v) is 11.7. The van der Waals surface area contributed by atoms with E-state index in [1.54, 1.807) is 0 Å². The number of carbonyl (C=O) groups excluding carboxylic acids is 1. The van der Waals surface area contributed by atoms with Gasteiger partial charge in [0.15, 0.2) is 0 Å². The van der Waals surface area contributed by atoms with Gasteiger partial charge in [0.1, 0.15) is 19.2 Å². The van der Waals surface area contributed by atoms with Gasteiger partial charge in [-0.2, -0.15) is 0 Å². The molecule has 1 rings (SSSR count). The second kappa shape index (κ2) is 13.6. The van der Waals surface area contributed by atoms with Crippen LogP contribution in [0.15, 0.2) is 0 Å².